The number of rotatable bonds is 10. The van der Waals surface area contributed by atoms with Crippen molar-refractivity contribution >= 4 is 36.4 Å². The molecule has 2 aromatic rings. The molecule has 0 radical (unpaired) electrons. The molecule has 0 aromatic heterocycles. The fraction of sp³-hybridized carbons (Fsp3) is 0.455. The van der Waals surface area contributed by atoms with Gasteiger partial charge in [0.25, 0.3) is 0 Å². The molecule has 0 spiro atoms. The molecule has 0 atom stereocenters. The van der Waals surface area contributed by atoms with E-state index in [1.165, 1.54) is 12.1 Å². The quantitative estimate of drug-likeness (QED) is 0.483. The van der Waals surface area contributed by atoms with Gasteiger partial charge in [0.1, 0.15) is 12.4 Å². The molecule has 1 aliphatic heterocycles. The van der Waals surface area contributed by atoms with Crippen LogP contribution in [0.4, 0.5) is 4.39 Å². The van der Waals surface area contributed by atoms with Crippen LogP contribution in [-0.2, 0) is 17.9 Å². The van der Waals surface area contributed by atoms with Crippen molar-refractivity contribution in [2.75, 3.05) is 46.5 Å². The Morgan fingerprint density at radius 3 is 2.48 bits per heavy atom. The van der Waals surface area contributed by atoms with Crippen LogP contribution in [0.5, 0.6) is 11.5 Å². The van der Waals surface area contributed by atoms with Gasteiger partial charge >= 0.3 is 0 Å². The molecule has 9 heteroatoms. The average Bonchev–Trinajstić information content (AvgIpc) is 2.74. The van der Waals surface area contributed by atoms with E-state index in [0.29, 0.717) is 23.1 Å². The zero-order chi connectivity index (χ0) is 20.5. The van der Waals surface area contributed by atoms with Crippen molar-refractivity contribution in [2.24, 2.45) is 0 Å². The maximum atomic E-state index is 13.0. The van der Waals surface area contributed by atoms with Gasteiger partial charge in [0.2, 0.25) is 0 Å². The molecule has 2 aromatic carbocycles. The van der Waals surface area contributed by atoms with Crippen LogP contribution >= 0.6 is 36.4 Å². The standard InChI is InChI=1S/C22H28ClFN2O3.2ClH/c1-27-21-14-18(15-25-7-2-8-26-9-11-28-12-10-26)13-20(23)22(21)29-16-17-3-5-19(24)6-4-17;;/h3-6,13-14,25H,2,7-12,15-16H2,1H3;2*1H. The third kappa shape index (κ3) is 9.00. The van der Waals surface area contributed by atoms with Crippen LogP contribution in [0, 0.1) is 5.82 Å². The molecule has 1 saturated heterocycles. The SMILES string of the molecule is COc1cc(CNCCCN2CCOCC2)cc(Cl)c1OCc1ccc(F)cc1.Cl.Cl. The van der Waals surface area contributed by atoms with E-state index in [4.69, 9.17) is 25.8 Å². The molecule has 174 valence electrons. The molecular weight excluding hydrogens is 466 g/mol. The minimum absolute atomic E-state index is 0. The smallest absolute Gasteiger partial charge is 0.180 e. The predicted octanol–water partition coefficient (Wildman–Crippen LogP) is 4.72. The Labute approximate surface area is 201 Å². The molecule has 1 N–H and O–H groups in total. The van der Waals surface area contributed by atoms with Gasteiger partial charge in [0, 0.05) is 19.6 Å². The molecule has 0 aliphatic carbocycles. The highest BCUT2D eigenvalue weighted by atomic mass is 35.5. The molecule has 0 amide bonds. The van der Waals surface area contributed by atoms with Gasteiger partial charge in [-0.1, -0.05) is 23.7 Å². The van der Waals surface area contributed by atoms with Crippen molar-refractivity contribution in [2.45, 2.75) is 19.6 Å². The number of hydrogen-bond donors (Lipinski definition) is 1. The first-order valence-electron chi connectivity index (χ1n) is 9.90. The Kier molecular flexibility index (Phi) is 13.2. The lowest BCUT2D eigenvalue weighted by atomic mass is 10.2. The molecular formula is C22H30Cl3FN2O3. The number of methoxy groups -OCH3 is 1. The van der Waals surface area contributed by atoms with Crippen LogP contribution in [0.2, 0.25) is 5.02 Å². The molecule has 3 rings (SSSR count). The second-order valence-corrected chi connectivity index (χ2v) is 7.42. The molecule has 31 heavy (non-hydrogen) atoms. The molecule has 0 bridgehead atoms. The number of nitrogens with one attached hydrogen (secondary N) is 1. The van der Waals surface area contributed by atoms with E-state index in [-0.39, 0.29) is 37.2 Å². The minimum atomic E-state index is -0.272. The lowest BCUT2D eigenvalue weighted by Gasteiger charge is -2.26. The number of halogens is 4. The van der Waals surface area contributed by atoms with Crippen molar-refractivity contribution in [3.63, 3.8) is 0 Å². The number of nitrogens with zero attached hydrogens (tertiary/aromatic N) is 1. The average molecular weight is 496 g/mol. The number of benzene rings is 2. The second kappa shape index (κ2) is 14.7. The van der Waals surface area contributed by atoms with Gasteiger partial charge in [0.15, 0.2) is 11.5 Å². The Hall–Kier alpha value is -1.28. The Morgan fingerprint density at radius 1 is 1.10 bits per heavy atom. The topological polar surface area (TPSA) is 43.0 Å². The normalized spacial score (nSPS) is 13.8. The third-order valence-corrected chi connectivity index (χ3v) is 5.13. The molecule has 0 unspecified atom stereocenters. The summed E-state index contributed by atoms with van der Waals surface area (Å²) in [5.41, 5.74) is 1.89. The molecule has 5 nitrogen and oxygen atoms in total. The zero-order valence-electron chi connectivity index (χ0n) is 17.6. The van der Waals surface area contributed by atoms with Crippen LogP contribution in [0.25, 0.3) is 0 Å². The summed E-state index contributed by atoms with van der Waals surface area (Å²) in [6.07, 6.45) is 1.09. The monoisotopic (exact) mass is 494 g/mol. The minimum Gasteiger partial charge on any atom is -0.493 e. The highest BCUT2D eigenvalue weighted by molar-refractivity contribution is 6.32. The number of morpholine rings is 1. The number of ether oxygens (including phenoxy) is 3. The van der Waals surface area contributed by atoms with E-state index in [2.05, 4.69) is 10.2 Å². The van der Waals surface area contributed by atoms with Gasteiger partial charge < -0.3 is 19.5 Å². The molecule has 1 heterocycles. The summed E-state index contributed by atoms with van der Waals surface area (Å²) >= 11 is 6.44. The highest BCUT2D eigenvalue weighted by Crippen LogP contribution is 2.37. The maximum absolute atomic E-state index is 13.0. The fourth-order valence-electron chi connectivity index (χ4n) is 3.24. The Balaban J connectivity index is 0.00000240. The van der Waals surface area contributed by atoms with E-state index >= 15 is 0 Å². The van der Waals surface area contributed by atoms with Gasteiger partial charge in [-0.3, -0.25) is 4.90 Å². The summed E-state index contributed by atoms with van der Waals surface area (Å²) in [5, 5.41) is 3.95. The zero-order valence-corrected chi connectivity index (χ0v) is 20.0. The predicted molar refractivity (Wildman–Crippen MR) is 127 cm³/mol. The first kappa shape index (κ1) is 27.8. The largest absolute Gasteiger partial charge is 0.493 e. The summed E-state index contributed by atoms with van der Waals surface area (Å²) < 4.78 is 29.7. The van der Waals surface area contributed by atoms with Crippen LogP contribution in [-0.4, -0.2) is 51.4 Å². The van der Waals surface area contributed by atoms with Crippen molar-refractivity contribution in [1.82, 2.24) is 10.2 Å². The summed E-state index contributed by atoms with van der Waals surface area (Å²) in [4.78, 5) is 2.43. The van der Waals surface area contributed by atoms with Gasteiger partial charge in [0.05, 0.1) is 25.3 Å². The lowest BCUT2D eigenvalue weighted by molar-refractivity contribution is 0.0374. The van der Waals surface area contributed by atoms with Crippen LogP contribution in [0.3, 0.4) is 0 Å². The summed E-state index contributed by atoms with van der Waals surface area (Å²) in [6, 6.07) is 10.0. The molecule has 1 fully saturated rings. The van der Waals surface area contributed by atoms with Crippen molar-refractivity contribution < 1.29 is 18.6 Å². The summed E-state index contributed by atoms with van der Waals surface area (Å²) in [6.45, 7) is 6.71. The van der Waals surface area contributed by atoms with Crippen molar-refractivity contribution in [3.05, 3.63) is 58.4 Å². The number of hydrogen-bond acceptors (Lipinski definition) is 5. The third-order valence-electron chi connectivity index (χ3n) is 4.85. The van der Waals surface area contributed by atoms with Crippen molar-refractivity contribution in [3.8, 4) is 11.5 Å². The van der Waals surface area contributed by atoms with Crippen LogP contribution < -0.4 is 14.8 Å². The van der Waals surface area contributed by atoms with Crippen LogP contribution in [0.15, 0.2) is 36.4 Å². The van der Waals surface area contributed by atoms with E-state index in [0.717, 1.165) is 56.9 Å². The van der Waals surface area contributed by atoms with E-state index in [9.17, 15) is 4.39 Å². The van der Waals surface area contributed by atoms with Crippen molar-refractivity contribution in [1.29, 1.82) is 0 Å². The van der Waals surface area contributed by atoms with Gasteiger partial charge in [-0.05, 0) is 54.9 Å². The van der Waals surface area contributed by atoms with Gasteiger partial charge in [-0.15, -0.1) is 24.8 Å². The molecule has 1 aliphatic rings. The van der Waals surface area contributed by atoms with Crippen LogP contribution in [0.1, 0.15) is 17.5 Å². The Morgan fingerprint density at radius 2 is 1.81 bits per heavy atom. The van der Waals surface area contributed by atoms with Gasteiger partial charge in [-0.25, -0.2) is 4.39 Å². The Bertz CT molecular complexity index is 775. The van der Waals surface area contributed by atoms with E-state index in [1.54, 1.807) is 19.2 Å². The first-order valence-corrected chi connectivity index (χ1v) is 10.3. The maximum Gasteiger partial charge on any atom is 0.180 e. The fourth-order valence-corrected chi connectivity index (χ4v) is 3.52. The van der Waals surface area contributed by atoms with Gasteiger partial charge in [-0.2, -0.15) is 0 Å². The highest BCUT2D eigenvalue weighted by Gasteiger charge is 2.13. The lowest BCUT2D eigenvalue weighted by Crippen LogP contribution is -2.37. The second-order valence-electron chi connectivity index (χ2n) is 7.01. The summed E-state index contributed by atoms with van der Waals surface area (Å²) in [7, 11) is 1.59. The first-order chi connectivity index (χ1) is 14.2. The van der Waals surface area contributed by atoms with E-state index < -0.39 is 0 Å². The molecule has 0 saturated carbocycles. The summed E-state index contributed by atoms with van der Waals surface area (Å²) in [5.74, 6) is 0.811. The van der Waals surface area contributed by atoms with E-state index in [1.807, 2.05) is 12.1 Å².